The van der Waals surface area contributed by atoms with Crippen molar-refractivity contribution in [3.8, 4) is 0 Å². The summed E-state index contributed by atoms with van der Waals surface area (Å²) in [6.45, 7) is 3.05. The minimum Gasteiger partial charge on any atom is -0.352 e. The number of likely N-dealkylation sites (tertiary alicyclic amines) is 1. The third kappa shape index (κ3) is 5.95. The number of amides is 1. The molecule has 8 heteroatoms. The largest absolute Gasteiger partial charge is 0.352 e. The van der Waals surface area contributed by atoms with Gasteiger partial charge < -0.3 is 15.5 Å². The zero-order valence-electron chi connectivity index (χ0n) is 16.5. The molecule has 0 saturated carbocycles. The summed E-state index contributed by atoms with van der Waals surface area (Å²) >= 11 is 0. The Bertz CT molecular complexity index is 780. The van der Waals surface area contributed by atoms with Crippen LogP contribution in [0.2, 0.25) is 0 Å². The minimum absolute atomic E-state index is 0. The smallest absolute Gasteiger partial charge is 0.253 e. The van der Waals surface area contributed by atoms with Gasteiger partial charge in [0, 0.05) is 45.5 Å². The van der Waals surface area contributed by atoms with E-state index in [2.05, 4.69) is 20.7 Å². The monoisotopic (exact) mass is 496 g/mol. The van der Waals surface area contributed by atoms with Gasteiger partial charge in [0.2, 0.25) is 0 Å². The van der Waals surface area contributed by atoms with Gasteiger partial charge in [-0.15, -0.1) is 24.0 Å². The van der Waals surface area contributed by atoms with Crippen LogP contribution in [0.4, 0.5) is 0 Å². The highest BCUT2D eigenvalue weighted by Crippen LogP contribution is 2.13. The predicted molar refractivity (Wildman–Crippen MR) is 122 cm³/mol. The first-order chi connectivity index (χ1) is 13.2. The molecule has 1 aromatic carbocycles. The van der Waals surface area contributed by atoms with Gasteiger partial charge in [-0.25, -0.2) is 0 Å². The highest BCUT2D eigenvalue weighted by atomic mass is 127. The minimum atomic E-state index is 0. The summed E-state index contributed by atoms with van der Waals surface area (Å²) in [5.74, 6) is 0.868. The van der Waals surface area contributed by atoms with Gasteiger partial charge >= 0.3 is 0 Å². The van der Waals surface area contributed by atoms with E-state index in [4.69, 9.17) is 0 Å². The number of rotatable bonds is 5. The Morgan fingerprint density at radius 1 is 1.07 bits per heavy atom. The molecule has 1 fully saturated rings. The quantitative estimate of drug-likeness (QED) is 0.379. The van der Waals surface area contributed by atoms with E-state index in [1.807, 2.05) is 47.0 Å². The van der Waals surface area contributed by atoms with Crippen LogP contribution in [-0.2, 0) is 20.1 Å². The number of piperidine rings is 1. The molecule has 2 aromatic rings. The fourth-order valence-electron chi connectivity index (χ4n) is 3.20. The highest BCUT2D eigenvalue weighted by Gasteiger charge is 2.17. The van der Waals surface area contributed by atoms with Crippen LogP contribution in [0.15, 0.2) is 41.5 Å². The van der Waals surface area contributed by atoms with Crippen molar-refractivity contribution < 1.29 is 4.79 Å². The van der Waals surface area contributed by atoms with E-state index in [9.17, 15) is 4.79 Å². The average Bonchev–Trinajstić information content (AvgIpc) is 3.13. The normalized spacial score (nSPS) is 14.4. The molecule has 0 spiro atoms. The Morgan fingerprint density at radius 2 is 1.75 bits per heavy atom. The molecular formula is C20H29IN6O. The van der Waals surface area contributed by atoms with Crippen LogP contribution in [0.5, 0.6) is 0 Å². The summed E-state index contributed by atoms with van der Waals surface area (Å²) in [5.41, 5.74) is 2.95. The lowest BCUT2D eigenvalue weighted by molar-refractivity contribution is 0.0724. The second-order valence-corrected chi connectivity index (χ2v) is 6.78. The summed E-state index contributed by atoms with van der Waals surface area (Å²) in [6, 6.07) is 9.80. The molecule has 28 heavy (non-hydrogen) atoms. The first-order valence-corrected chi connectivity index (χ1v) is 9.47. The van der Waals surface area contributed by atoms with Gasteiger partial charge in [0.25, 0.3) is 5.91 Å². The van der Waals surface area contributed by atoms with Crippen molar-refractivity contribution in [2.75, 3.05) is 20.1 Å². The molecule has 0 atom stereocenters. The SMILES string of the molecule is CN=C(NCc1ccc(C(=O)N2CCCCC2)cc1)NCc1ccnn1C.I. The maximum atomic E-state index is 12.5. The molecule has 1 aromatic heterocycles. The van der Waals surface area contributed by atoms with Gasteiger partial charge in [0.05, 0.1) is 12.2 Å². The van der Waals surface area contributed by atoms with E-state index >= 15 is 0 Å². The number of guanidine groups is 1. The number of hydrogen-bond acceptors (Lipinski definition) is 3. The van der Waals surface area contributed by atoms with Crippen molar-refractivity contribution in [3.63, 3.8) is 0 Å². The van der Waals surface area contributed by atoms with E-state index in [1.165, 1.54) is 6.42 Å². The van der Waals surface area contributed by atoms with Crippen LogP contribution in [0.3, 0.4) is 0 Å². The molecule has 1 aliphatic heterocycles. The van der Waals surface area contributed by atoms with Crippen molar-refractivity contribution in [1.82, 2.24) is 25.3 Å². The summed E-state index contributed by atoms with van der Waals surface area (Å²) in [7, 11) is 3.67. The summed E-state index contributed by atoms with van der Waals surface area (Å²) in [5, 5.41) is 10.7. The number of carbonyl (C=O) groups excluding carboxylic acids is 1. The Kier molecular flexibility index (Phi) is 8.75. The number of aromatic nitrogens is 2. The second kappa shape index (κ2) is 11.0. The van der Waals surface area contributed by atoms with E-state index in [1.54, 1.807) is 13.2 Å². The maximum absolute atomic E-state index is 12.5. The first kappa shape index (κ1) is 22.2. The molecule has 0 aliphatic carbocycles. The number of aryl methyl sites for hydroxylation is 1. The van der Waals surface area contributed by atoms with Gasteiger partial charge in [-0.1, -0.05) is 12.1 Å². The van der Waals surface area contributed by atoms with Crippen molar-refractivity contribution in [1.29, 1.82) is 0 Å². The lowest BCUT2D eigenvalue weighted by atomic mass is 10.1. The van der Waals surface area contributed by atoms with Crippen LogP contribution >= 0.6 is 24.0 Å². The van der Waals surface area contributed by atoms with Crippen LogP contribution in [-0.4, -0.2) is 46.7 Å². The number of nitrogens with one attached hydrogen (secondary N) is 2. The van der Waals surface area contributed by atoms with Crippen molar-refractivity contribution >= 4 is 35.8 Å². The summed E-state index contributed by atoms with van der Waals surface area (Å²) in [6.07, 6.45) is 5.22. The van der Waals surface area contributed by atoms with Gasteiger partial charge in [-0.05, 0) is 43.0 Å². The van der Waals surface area contributed by atoms with E-state index in [-0.39, 0.29) is 29.9 Å². The highest BCUT2D eigenvalue weighted by molar-refractivity contribution is 14.0. The van der Waals surface area contributed by atoms with Crippen LogP contribution in [0.25, 0.3) is 0 Å². The maximum Gasteiger partial charge on any atom is 0.253 e. The van der Waals surface area contributed by atoms with E-state index in [0.717, 1.165) is 48.7 Å². The van der Waals surface area contributed by atoms with Crippen LogP contribution < -0.4 is 10.6 Å². The molecule has 2 N–H and O–H groups in total. The molecule has 2 heterocycles. The Balaban J connectivity index is 0.00000280. The fourth-order valence-corrected chi connectivity index (χ4v) is 3.20. The number of halogens is 1. The Hall–Kier alpha value is -2.10. The zero-order valence-corrected chi connectivity index (χ0v) is 18.8. The average molecular weight is 496 g/mol. The molecule has 152 valence electrons. The Morgan fingerprint density at radius 3 is 2.36 bits per heavy atom. The first-order valence-electron chi connectivity index (χ1n) is 9.47. The number of nitrogens with zero attached hydrogens (tertiary/aromatic N) is 4. The molecule has 7 nitrogen and oxygen atoms in total. The molecule has 3 rings (SSSR count). The lowest BCUT2D eigenvalue weighted by Crippen LogP contribution is -2.37. The molecule has 0 unspecified atom stereocenters. The molecule has 0 radical (unpaired) electrons. The zero-order chi connectivity index (χ0) is 19.1. The Labute approximate surface area is 183 Å². The standard InChI is InChI=1S/C20H28N6O.HI/c1-21-20(23-15-18-10-11-24-25(18)2)22-14-16-6-8-17(9-7-16)19(27)26-12-4-3-5-13-26;/h6-11H,3-5,12-15H2,1-2H3,(H2,21,22,23);1H. The molecule has 1 amide bonds. The predicted octanol–water partition coefficient (Wildman–Crippen LogP) is 2.53. The van der Waals surface area contributed by atoms with E-state index < -0.39 is 0 Å². The lowest BCUT2D eigenvalue weighted by Gasteiger charge is -2.26. The second-order valence-electron chi connectivity index (χ2n) is 6.78. The molecule has 0 bridgehead atoms. The summed E-state index contributed by atoms with van der Waals surface area (Å²) < 4.78 is 1.83. The van der Waals surface area contributed by atoms with Gasteiger partial charge in [-0.3, -0.25) is 14.5 Å². The van der Waals surface area contributed by atoms with Crippen LogP contribution in [0.1, 0.15) is 40.9 Å². The number of aliphatic imine (C=N–C) groups is 1. The third-order valence-corrected chi connectivity index (χ3v) is 4.89. The number of carbonyl (C=O) groups is 1. The van der Waals surface area contributed by atoms with Gasteiger partial charge in [0.1, 0.15) is 0 Å². The summed E-state index contributed by atoms with van der Waals surface area (Å²) in [4.78, 5) is 18.7. The van der Waals surface area contributed by atoms with Gasteiger partial charge in [-0.2, -0.15) is 5.10 Å². The third-order valence-electron chi connectivity index (χ3n) is 4.89. The number of hydrogen-bond donors (Lipinski definition) is 2. The fraction of sp³-hybridized carbons (Fsp3) is 0.450. The van der Waals surface area contributed by atoms with E-state index in [0.29, 0.717) is 13.1 Å². The van der Waals surface area contributed by atoms with Crippen molar-refractivity contribution in [3.05, 3.63) is 53.3 Å². The topological polar surface area (TPSA) is 74.6 Å². The molecular weight excluding hydrogens is 467 g/mol. The van der Waals surface area contributed by atoms with Crippen molar-refractivity contribution in [2.45, 2.75) is 32.4 Å². The molecule has 1 aliphatic rings. The van der Waals surface area contributed by atoms with Crippen LogP contribution in [0, 0.1) is 0 Å². The molecule has 1 saturated heterocycles. The van der Waals surface area contributed by atoms with Gasteiger partial charge in [0.15, 0.2) is 5.96 Å². The van der Waals surface area contributed by atoms with Crippen molar-refractivity contribution in [2.24, 2.45) is 12.0 Å². The number of benzene rings is 1.